The lowest BCUT2D eigenvalue weighted by molar-refractivity contribution is 0.410. The van der Waals surface area contributed by atoms with Gasteiger partial charge in [0.05, 0.1) is 11.6 Å². The Morgan fingerprint density at radius 2 is 2.15 bits per heavy atom. The maximum atomic E-state index is 8.84. The highest BCUT2D eigenvalue weighted by molar-refractivity contribution is 5.35. The summed E-state index contributed by atoms with van der Waals surface area (Å²) < 4.78 is 0. The molecule has 68 valence electrons. The molecule has 2 nitrogen and oxygen atoms in total. The molecular weight excluding hydrogens is 160 g/mol. The average Bonchev–Trinajstić information content (AvgIpc) is 2.02. The van der Waals surface area contributed by atoms with E-state index in [1.807, 2.05) is 0 Å². The van der Waals surface area contributed by atoms with Crippen LogP contribution in [0.1, 0.15) is 31.9 Å². The molecule has 0 fully saturated rings. The van der Waals surface area contributed by atoms with Crippen molar-refractivity contribution in [1.82, 2.24) is 4.98 Å². The normalized spacial score (nSPS) is 10.9. The SMILES string of the molecule is CC(C)(C)Cc1cnccc1C#N. The van der Waals surface area contributed by atoms with Crippen molar-refractivity contribution in [3.8, 4) is 6.07 Å². The van der Waals surface area contributed by atoms with Crippen molar-refractivity contribution < 1.29 is 0 Å². The van der Waals surface area contributed by atoms with Crippen molar-refractivity contribution in [2.24, 2.45) is 5.41 Å². The predicted molar refractivity (Wildman–Crippen MR) is 52.1 cm³/mol. The Morgan fingerprint density at radius 3 is 2.69 bits per heavy atom. The number of nitriles is 1. The third-order valence-electron chi connectivity index (χ3n) is 1.74. The van der Waals surface area contributed by atoms with Crippen LogP contribution in [0.5, 0.6) is 0 Å². The molecule has 0 saturated heterocycles. The summed E-state index contributed by atoms with van der Waals surface area (Å²) in [6.07, 6.45) is 4.33. The van der Waals surface area contributed by atoms with Gasteiger partial charge in [-0.25, -0.2) is 0 Å². The Balaban J connectivity index is 2.96. The molecule has 0 amide bonds. The number of aromatic nitrogens is 1. The van der Waals surface area contributed by atoms with Crippen molar-refractivity contribution >= 4 is 0 Å². The van der Waals surface area contributed by atoms with Crippen LogP contribution in [0, 0.1) is 16.7 Å². The quantitative estimate of drug-likeness (QED) is 0.656. The second-order valence-corrected chi connectivity index (χ2v) is 4.38. The van der Waals surface area contributed by atoms with Gasteiger partial charge < -0.3 is 0 Å². The lowest BCUT2D eigenvalue weighted by Crippen LogP contribution is -2.10. The zero-order valence-corrected chi connectivity index (χ0v) is 8.33. The largest absolute Gasteiger partial charge is 0.264 e. The molecule has 0 aliphatic rings. The maximum Gasteiger partial charge on any atom is 0.0995 e. The summed E-state index contributed by atoms with van der Waals surface area (Å²) in [5.41, 5.74) is 1.98. The van der Waals surface area contributed by atoms with Crippen molar-refractivity contribution in [3.05, 3.63) is 29.6 Å². The topological polar surface area (TPSA) is 36.7 Å². The van der Waals surface area contributed by atoms with Crippen LogP contribution in [-0.4, -0.2) is 4.98 Å². The molecule has 1 aromatic rings. The van der Waals surface area contributed by atoms with Gasteiger partial charge in [-0.05, 0) is 23.5 Å². The Hall–Kier alpha value is -1.36. The highest BCUT2D eigenvalue weighted by Crippen LogP contribution is 2.21. The number of nitrogens with zero attached hydrogens (tertiary/aromatic N) is 2. The van der Waals surface area contributed by atoms with Crippen LogP contribution >= 0.6 is 0 Å². The molecule has 0 aliphatic heterocycles. The van der Waals surface area contributed by atoms with Gasteiger partial charge in [-0.2, -0.15) is 5.26 Å². The molecular formula is C11H14N2. The van der Waals surface area contributed by atoms with E-state index in [4.69, 9.17) is 5.26 Å². The minimum atomic E-state index is 0.203. The van der Waals surface area contributed by atoms with Crippen LogP contribution in [0.15, 0.2) is 18.5 Å². The summed E-state index contributed by atoms with van der Waals surface area (Å²) in [6.45, 7) is 6.46. The van der Waals surface area contributed by atoms with Crippen LogP contribution < -0.4 is 0 Å². The smallest absolute Gasteiger partial charge is 0.0995 e. The van der Waals surface area contributed by atoms with Gasteiger partial charge in [-0.1, -0.05) is 20.8 Å². The van der Waals surface area contributed by atoms with E-state index in [-0.39, 0.29) is 5.41 Å². The lowest BCUT2D eigenvalue weighted by atomic mass is 9.87. The first-order valence-electron chi connectivity index (χ1n) is 4.36. The minimum absolute atomic E-state index is 0.203. The van der Waals surface area contributed by atoms with E-state index in [9.17, 15) is 0 Å². The zero-order chi connectivity index (χ0) is 9.90. The second-order valence-electron chi connectivity index (χ2n) is 4.38. The minimum Gasteiger partial charge on any atom is -0.264 e. The molecule has 0 N–H and O–H groups in total. The van der Waals surface area contributed by atoms with Crippen molar-refractivity contribution in [3.63, 3.8) is 0 Å². The van der Waals surface area contributed by atoms with Gasteiger partial charge in [-0.15, -0.1) is 0 Å². The van der Waals surface area contributed by atoms with E-state index in [1.165, 1.54) is 0 Å². The molecule has 0 radical (unpaired) electrons. The first-order chi connectivity index (χ1) is 6.03. The molecule has 0 saturated carbocycles. The van der Waals surface area contributed by atoms with Gasteiger partial charge in [0.2, 0.25) is 0 Å². The monoisotopic (exact) mass is 174 g/mol. The molecule has 0 aliphatic carbocycles. The highest BCUT2D eigenvalue weighted by atomic mass is 14.6. The molecule has 2 heteroatoms. The number of pyridine rings is 1. The van der Waals surface area contributed by atoms with Crippen LogP contribution in [-0.2, 0) is 6.42 Å². The van der Waals surface area contributed by atoms with E-state index >= 15 is 0 Å². The fourth-order valence-electron chi connectivity index (χ4n) is 1.25. The summed E-state index contributed by atoms with van der Waals surface area (Å²) in [7, 11) is 0. The Labute approximate surface area is 79.2 Å². The second kappa shape index (κ2) is 3.57. The van der Waals surface area contributed by atoms with Gasteiger partial charge in [-0.3, -0.25) is 4.98 Å². The molecule has 1 heterocycles. The first-order valence-corrected chi connectivity index (χ1v) is 4.36. The summed E-state index contributed by atoms with van der Waals surface area (Å²) in [5.74, 6) is 0. The Bertz CT molecular complexity index is 329. The Kier molecular flexibility index (Phi) is 2.67. The van der Waals surface area contributed by atoms with Crippen LogP contribution in [0.2, 0.25) is 0 Å². The molecule has 0 aromatic carbocycles. The Morgan fingerprint density at radius 1 is 1.46 bits per heavy atom. The maximum absolute atomic E-state index is 8.84. The lowest BCUT2D eigenvalue weighted by Gasteiger charge is -2.18. The number of hydrogen-bond acceptors (Lipinski definition) is 2. The van der Waals surface area contributed by atoms with Crippen molar-refractivity contribution in [2.45, 2.75) is 27.2 Å². The predicted octanol–water partition coefficient (Wildman–Crippen LogP) is 2.54. The fourth-order valence-corrected chi connectivity index (χ4v) is 1.25. The standard InChI is InChI=1S/C11H14N2/c1-11(2,3)6-10-8-13-5-4-9(10)7-12/h4-5,8H,6H2,1-3H3. The summed E-state index contributed by atoms with van der Waals surface area (Å²) in [5, 5.41) is 8.84. The van der Waals surface area contributed by atoms with Crippen LogP contribution in [0.25, 0.3) is 0 Å². The molecule has 0 bridgehead atoms. The molecule has 1 rings (SSSR count). The van der Waals surface area contributed by atoms with E-state index in [0.717, 1.165) is 17.5 Å². The zero-order valence-electron chi connectivity index (χ0n) is 8.33. The summed E-state index contributed by atoms with van der Waals surface area (Å²) in [4.78, 5) is 4.03. The molecule has 0 unspecified atom stereocenters. The number of hydrogen-bond donors (Lipinski definition) is 0. The van der Waals surface area contributed by atoms with E-state index in [1.54, 1.807) is 18.5 Å². The van der Waals surface area contributed by atoms with Crippen molar-refractivity contribution in [1.29, 1.82) is 5.26 Å². The van der Waals surface area contributed by atoms with Gasteiger partial charge in [0.25, 0.3) is 0 Å². The van der Waals surface area contributed by atoms with Crippen LogP contribution in [0.4, 0.5) is 0 Å². The molecule has 1 aromatic heterocycles. The molecule has 13 heavy (non-hydrogen) atoms. The van der Waals surface area contributed by atoms with Gasteiger partial charge in [0.15, 0.2) is 0 Å². The number of rotatable bonds is 1. The van der Waals surface area contributed by atoms with Crippen LogP contribution in [0.3, 0.4) is 0 Å². The highest BCUT2D eigenvalue weighted by Gasteiger charge is 2.13. The first kappa shape index (κ1) is 9.73. The third kappa shape index (κ3) is 2.87. The average molecular weight is 174 g/mol. The molecule has 0 spiro atoms. The van der Waals surface area contributed by atoms with E-state index in [2.05, 4.69) is 31.8 Å². The molecule has 0 atom stereocenters. The summed E-state index contributed by atoms with van der Waals surface area (Å²) >= 11 is 0. The van der Waals surface area contributed by atoms with Gasteiger partial charge in [0, 0.05) is 12.4 Å². The van der Waals surface area contributed by atoms with Gasteiger partial charge >= 0.3 is 0 Å². The van der Waals surface area contributed by atoms with E-state index in [0.29, 0.717) is 0 Å². The van der Waals surface area contributed by atoms with Gasteiger partial charge in [0.1, 0.15) is 0 Å². The fraction of sp³-hybridized carbons (Fsp3) is 0.455. The summed E-state index contributed by atoms with van der Waals surface area (Å²) in [6, 6.07) is 3.94. The van der Waals surface area contributed by atoms with E-state index < -0.39 is 0 Å². The van der Waals surface area contributed by atoms with Crippen molar-refractivity contribution in [2.75, 3.05) is 0 Å². The third-order valence-corrected chi connectivity index (χ3v) is 1.74.